The summed E-state index contributed by atoms with van der Waals surface area (Å²) >= 11 is 0. The molecule has 0 bridgehead atoms. The van der Waals surface area contributed by atoms with E-state index in [2.05, 4.69) is 113 Å². The van der Waals surface area contributed by atoms with Crippen molar-refractivity contribution in [1.82, 2.24) is 4.57 Å². The maximum Gasteiger partial charge on any atom is 0.271 e. The molecule has 0 saturated heterocycles. The van der Waals surface area contributed by atoms with Crippen molar-refractivity contribution in [1.29, 1.82) is 0 Å². The Kier molecular flexibility index (Phi) is 13.0. The van der Waals surface area contributed by atoms with E-state index >= 15 is 0 Å². The van der Waals surface area contributed by atoms with Gasteiger partial charge in [0.2, 0.25) is 0 Å². The molecular weight excluding hydrogens is 666 g/mol. The summed E-state index contributed by atoms with van der Waals surface area (Å²) in [6.07, 6.45) is 20.6. The van der Waals surface area contributed by atoms with E-state index < -0.39 is 0 Å². The highest BCUT2D eigenvalue weighted by molar-refractivity contribution is 7.58. The summed E-state index contributed by atoms with van der Waals surface area (Å²) in [5, 5.41) is 0. The van der Waals surface area contributed by atoms with Gasteiger partial charge in [0, 0.05) is 22.3 Å². The number of imidazole rings is 1. The minimum Gasteiger partial charge on any atom is -1.00 e. The Hall–Kier alpha value is -1.19. The lowest BCUT2D eigenvalue weighted by Crippen LogP contribution is -3.00. The summed E-state index contributed by atoms with van der Waals surface area (Å²) in [7, 11) is -0.102. The van der Waals surface area contributed by atoms with Gasteiger partial charge in [0.05, 0.1) is 6.16 Å². The van der Waals surface area contributed by atoms with Gasteiger partial charge in [-0.05, 0) is 60.7 Å². The highest BCUT2D eigenvalue weighted by Gasteiger charge is 2.37. The fraction of sp³-hybridized carbons (Fsp3) is 0.625. The largest absolute Gasteiger partial charge is 1.00 e. The Balaban J connectivity index is 0.00000442. The molecule has 44 heavy (non-hydrogen) atoms. The molecule has 2 fully saturated rings. The maximum absolute atomic E-state index is 2.69. The number of para-hydroxylation sites is 2. The first-order valence-corrected chi connectivity index (χ1v) is 19.5. The summed E-state index contributed by atoms with van der Waals surface area (Å²) in [6, 6.07) is 14.2. The number of halogens is 1. The van der Waals surface area contributed by atoms with Crippen LogP contribution in [0.15, 0.2) is 48.8 Å². The van der Waals surface area contributed by atoms with E-state index in [1.807, 2.05) is 0 Å². The third-order valence-corrected chi connectivity index (χ3v) is 14.1. The van der Waals surface area contributed by atoms with Crippen molar-refractivity contribution in [3.63, 3.8) is 0 Å². The molecule has 0 amide bonds. The van der Waals surface area contributed by atoms with Crippen LogP contribution < -0.4 is 28.5 Å². The van der Waals surface area contributed by atoms with E-state index in [0.29, 0.717) is 23.7 Å². The molecular formula is C40H60IN2P. The quantitative estimate of drug-likeness (QED) is 0.112. The number of aromatic nitrogens is 2. The fourth-order valence-corrected chi connectivity index (χ4v) is 11.9. The van der Waals surface area contributed by atoms with E-state index in [9.17, 15) is 0 Å². The van der Waals surface area contributed by atoms with Crippen LogP contribution in [0.1, 0.15) is 171 Å². The van der Waals surface area contributed by atoms with Gasteiger partial charge < -0.3 is 24.0 Å². The van der Waals surface area contributed by atoms with Gasteiger partial charge in [0.1, 0.15) is 23.8 Å². The zero-order chi connectivity index (χ0) is 30.7. The molecule has 0 N–H and O–H groups in total. The molecule has 2 saturated carbocycles. The first kappa shape index (κ1) is 35.7. The van der Waals surface area contributed by atoms with Gasteiger partial charge in [-0.25, -0.2) is 0 Å². The Bertz CT molecular complexity index is 1190. The van der Waals surface area contributed by atoms with Crippen molar-refractivity contribution in [2.75, 3.05) is 0 Å². The van der Waals surface area contributed by atoms with Crippen LogP contribution in [0.25, 0.3) is 11.4 Å². The Labute approximate surface area is 288 Å². The smallest absolute Gasteiger partial charge is 0.271 e. The van der Waals surface area contributed by atoms with Gasteiger partial charge in [-0.3, -0.25) is 0 Å². The molecule has 4 heteroatoms. The predicted molar refractivity (Wildman–Crippen MR) is 188 cm³/mol. The van der Waals surface area contributed by atoms with Crippen molar-refractivity contribution in [3.05, 3.63) is 76.9 Å². The normalized spacial score (nSPS) is 16.9. The number of hydrogen-bond donors (Lipinski definition) is 0. The second-order valence-corrected chi connectivity index (χ2v) is 17.7. The van der Waals surface area contributed by atoms with E-state index in [4.69, 9.17) is 0 Å². The zero-order valence-corrected chi connectivity index (χ0v) is 32.1. The van der Waals surface area contributed by atoms with Crippen molar-refractivity contribution in [2.45, 2.75) is 161 Å². The maximum atomic E-state index is 2.69. The van der Waals surface area contributed by atoms with Gasteiger partial charge in [-0.15, -0.1) is 0 Å². The van der Waals surface area contributed by atoms with Crippen LogP contribution in [-0.4, -0.2) is 15.9 Å². The van der Waals surface area contributed by atoms with Gasteiger partial charge in [0.25, 0.3) is 5.82 Å². The second-order valence-electron chi connectivity index (χ2n) is 14.9. The van der Waals surface area contributed by atoms with Crippen LogP contribution in [0, 0.1) is 0 Å². The van der Waals surface area contributed by atoms with Gasteiger partial charge in [0.15, 0.2) is 0 Å². The summed E-state index contributed by atoms with van der Waals surface area (Å²) in [5.74, 6) is 3.44. The van der Waals surface area contributed by atoms with Crippen molar-refractivity contribution < 1.29 is 28.5 Å². The molecule has 242 valence electrons. The molecule has 2 nitrogen and oxygen atoms in total. The summed E-state index contributed by atoms with van der Waals surface area (Å²) < 4.78 is 5.37. The third kappa shape index (κ3) is 7.67. The Morgan fingerprint density at radius 3 is 1.45 bits per heavy atom. The van der Waals surface area contributed by atoms with Crippen molar-refractivity contribution in [2.24, 2.45) is 0 Å². The first-order chi connectivity index (χ1) is 20.7. The van der Waals surface area contributed by atoms with Gasteiger partial charge in [-0.2, -0.15) is 9.13 Å². The van der Waals surface area contributed by atoms with Gasteiger partial charge in [-0.1, -0.05) is 138 Å². The van der Waals surface area contributed by atoms with Crippen LogP contribution in [0.3, 0.4) is 0 Å². The SMILES string of the molecule is CC(C)c1cccc(C(C)C)c1-n1cc[n+](-c2c(C(C)C)cccc2C(C)C)c1CP(C1CCCCC1)C1CCCCC1.[I-]. The van der Waals surface area contributed by atoms with Crippen molar-refractivity contribution in [3.8, 4) is 11.4 Å². The molecule has 1 heterocycles. The molecule has 2 aliphatic carbocycles. The average Bonchev–Trinajstić information content (AvgIpc) is 3.42. The minimum atomic E-state index is -0.102. The minimum absolute atomic E-state index is 0. The molecule has 1 aromatic heterocycles. The summed E-state index contributed by atoms with van der Waals surface area (Å²) in [6.45, 7) is 19.0. The van der Waals surface area contributed by atoms with E-state index in [-0.39, 0.29) is 31.9 Å². The van der Waals surface area contributed by atoms with Crippen LogP contribution in [0.2, 0.25) is 0 Å². The highest BCUT2D eigenvalue weighted by Crippen LogP contribution is 2.57. The molecule has 5 rings (SSSR count). The standard InChI is InChI=1S/C40H60N2P.HI/c1-28(2)34-21-15-22-35(29(3)4)39(34)41-25-26-42(40-36(30(5)6)23-16-24-37(40)31(7)8)38(41)27-43(32-17-11-9-12-18-32)33-19-13-10-14-20-33;/h15-16,21-26,28-33H,9-14,17-20,27H2,1-8H3;1H/q+1;/p-1. The molecule has 0 unspecified atom stereocenters. The molecule has 2 aliphatic rings. The van der Waals surface area contributed by atoms with Crippen LogP contribution in [-0.2, 0) is 6.16 Å². The van der Waals surface area contributed by atoms with Gasteiger partial charge >= 0.3 is 0 Å². The molecule has 3 aromatic rings. The topological polar surface area (TPSA) is 8.81 Å². The second kappa shape index (κ2) is 16.1. The molecule has 0 radical (unpaired) electrons. The number of hydrogen-bond acceptors (Lipinski definition) is 0. The molecule has 0 aliphatic heterocycles. The van der Waals surface area contributed by atoms with Crippen LogP contribution >= 0.6 is 7.92 Å². The third-order valence-electron chi connectivity index (χ3n) is 10.5. The number of rotatable bonds is 10. The molecule has 0 atom stereocenters. The summed E-state index contributed by atoms with van der Waals surface area (Å²) in [4.78, 5) is 0. The Morgan fingerprint density at radius 2 is 1.05 bits per heavy atom. The lowest BCUT2D eigenvalue weighted by Gasteiger charge is -2.38. The fourth-order valence-electron chi connectivity index (χ4n) is 8.11. The van der Waals surface area contributed by atoms with Crippen molar-refractivity contribution >= 4 is 7.92 Å². The van der Waals surface area contributed by atoms with Crippen LogP contribution in [0.4, 0.5) is 0 Å². The molecule has 0 spiro atoms. The predicted octanol–water partition coefficient (Wildman–Crippen LogP) is 8.90. The average molecular weight is 727 g/mol. The number of nitrogens with zero attached hydrogens (tertiary/aromatic N) is 2. The first-order valence-electron chi connectivity index (χ1n) is 17.8. The zero-order valence-electron chi connectivity index (χ0n) is 29.1. The molecule has 2 aromatic carbocycles. The van der Waals surface area contributed by atoms with E-state index in [1.54, 1.807) is 0 Å². The summed E-state index contributed by atoms with van der Waals surface area (Å²) in [5.41, 5.74) is 10.7. The number of benzene rings is 2. The Morgan fingerprint density at radius 1 is 0.636 bits per heavy atom. The highest BCUT2D eigenvalue weighted by atomic mass is 127. The lowest BCUT2D eigenvalue weighted by atomic mass is 9.92. The van der Waals surface area contributed by atoms with E-state index in [0.717, 1.165) is 11.3 Å². The lowest BCUT2D eigenvalue weighted by molar-refractivity contribution is -0.603. The monoisotopic (exact) mass is 726 g/mol. The van der Waals surface area contributed by atoms with Crippen LogP contribution in [0.5, 0.6) is 0 Å². The van der Waals surface area contributed by atoms with E-state index in [1.165, 1.54) is 110 Å².